The van der Waals surface area contributed by atoms with Gasteiger partial charge in [0.2, 0.25) is 0 Å². The van der Waals surface area contributed by atoms with E-state index >= 15 is 0 Å². The standard InChI is InChI=1S/C29H34FN3O5S/c1-19(2)18-38-23-15-20(14-21(30)16-23)26-9-8-25(27(31-26)33-12-10-29(3,4)11-13-33)28(35)32-39(36,37)24-7-5-6-22(34)17-24/h5-9,14-16,19H,10-13,17-18H2,1-4H3,(H,32,35). The summed E-state index contributed by atoms with van der Waals surface area (Å²) in [6.45, 7) is 10.0. The van der Waals surface area contributed by atoms with Gasteiger partial charge in [-0.05, 0) is 60.6 Å². The number of pyridine rings is 1. The van der Waals surface area contributed by atoms with E-state index in [-0.39, 0.29) is 34.0 Å². The molecule has 2 heterocycles. The number of nitrogens with zero attached hydrogens (tertiary/aromatic N) is 2. The maximum Gasteiger partial charge on any atom is 0.268 e. The lowest BCUT2D eigenvalue weighted by molar-refractivity contribution is -0.114. The molecular formula is C29H34FN3O5S. The van der Waals surface area contributed by atoms with E-state index in [4.69, 9.17) is 9.72 Å². The summed E-state index contributed by atoms with van der Waals surface area (Å²) < 4.78 is 48.1. The summed E-state index contributed by atoms with van der Waals surface area (Å²) in [4.78, 5) is 31.6. The number of benzene rings is 1. The van der Waals surface area contributed by atoms with Crippen molar-refractivity contribution in [1.29, 1.82) is 0 Å². The minimum Gasteiger partial charge on any atom is -0.493 e. The molecule has 1 aliphatic carbocycles. The van der Waals surface area contributed by atoms with E-state index in [9.17, 15) is 22.4 Å². The van der Waals surface area contributed by atoms with Crippen molar-refractivity contribution in [2.75, 3.05) is 24.6 Å². The van der Waals surface area contributed by atoms with Gasteiger partial charge in [0.25, 0.3) is 15.9 Å². The topological polar surface area (TPSA) is 106 Å². The third-order valence-electron chi connectivity index (χ3n) is 6.77. The van der Waals surface area contributed by atoms with Gasteiger partial charge in [0.15, 0.2) is 5.78 Å². The van der Waals surface area contributed by atoms with Crippen LogP contribution in [0.5, 0.6) is 5.75 Å². The van der Waals surface area contributed by atoms with Crippen LogP contribution in [-0.4, -0.2) is 44.8 Å². The number of nitrogens with one attached hydrogen (secondary N) is 1. The average molecular weight is 556 g/mol. The summed E-state index contributed by atoms with van der Waals surface area (Å²) in [5, 5.41) is 0. The molecule has 208 valence electrons. The number of ether oxygens (including phenoxy) is 1. The minimum absolute atomic E-state index is 0.0768. The number of carbonyl (C=O) groups is 2. The first kappa shape index (κ1) is 28.5. The maximum absolute atomic E-state index is 14.5. The number of sulfonamides is 1. The maximum atomic E-state index is 14.5. The Kier molecular flexibility index (Phi) is 8.25. The van der Waals surface area contributed by atoms with Crippen molar-refractivity contribution in [2.24, 2.45) is 11.3 Å². The lowest BCUT2D eigenvalue weighted by Crippen LogP contribution is -2.40. The molecule has 2 aromatic rings. The fourth-order valence-corrected chi connectivity index (χ4v) is 5.46. The molecule has 1 aromatic carbocycles. The molecule has 2 aliphatic rings. The molecule has 0 spiro atoms. The SMILES string of the molecule is CC(C)COc1cc(F)cc(-c2ccc(C(=O)NS(=O)(=O)C3=CC=CC(=O)C3)c(N3CCC(C)(C)CC3)n2)c1. The zero-order chi connectivity index (χ0) is 28.4. The minimum atomic E-state index is -4.24. The molecule has 1 aliphatic heterocycles. The molecule has 0 unspecified atom stereocenters. The third-order valence-corrected chi connectivity index (χ3v) is 8.20. The molecule has 0 bridgehead atoms. The molecule has 1 saturated heterocycles. The first-order valence-corrected chi connectivity index (χ1v) is 14.5. The van der Waals surface area contributed by atoms with Gasteiger partial charge < -0.3 is 9.64 Å². The highest BCUT2D eigenvalue weighted by molar-refractivity contribution is 7.94. The van der Waals surface area contributed by atoms with Crippen LogP contribution in [0.3, 0.4) is 0 Å². The van der Waals surface area contributed by atoms with Crippen molar-refractivity contribution < 1.29 is 27.1 Å². The van der Waals surface area contributed by atoms with Gasteiger partial charge in [-0.2, -0.15) is 0 Å². The molecule has 1 aromatic heterocycles. The number of hydrogen-bond donors (Lipinski definition) is 1. The van der Waals surface area contributed by atoms with Crippen LogP contribution in [0, 0.1) is 17.2 Å². The van der Waals surface area contributed by atoms with Crippen LogP contribution in [0.4, 0.5) is 10.2 Å². The van der Waals surface area contributed by atoms with Crippen molar-refractivity contribution >= 4 is 27.5 Å². The Morgan fingerprint density at radius 3 is 2.56 bits per heavy atom. The lowest BCUT2D eigenvalue weighted by Gasteiger charge is -2.38. The molecule has 0 atom stereocenters. The Labute approximate surface area is 229 Å². The highest BCUT2D eigenvalue weighted by Crippen LogP contribution is 2.34. The zero-order valence-corrected chi connectivity index (χ0v) is 23.5. The van der Waals surface area contributed by atoms with Gasteiger partial charge in [0.1, 0.15) is 17.4 Å². The number of piperidine rings is 1. The Bertz CT molecular complexity index is 1440. The highest BCUT2D eigenvalue weighted by Gasteiger charge is 2.31. The molecule has 39 heavy (non-hydrogen) atoms. The van der Waals surface area contributed by atoms with E-state index in [0.29, 0.717) is 42.5 Å². The van der Waals surface area contributed by atoms with E-state index in [2.05, 4.69) is 18.6 Å². The number of allylic oxidation sites excluding steroid dienone is 4. The Morgan fingerprint density at radius 1 is 1.18 bits per heavy atom. The summed E-state index contributed by atoms with van der Waals surface area (Å²) in [5.41, 5.74) is 1.10. The molecule has 1 fully saturated rings. The van der Waals surface area contributed by atoms with Gasteiger partial charge in [-0.25, -0.2) is 22.5 Å². The number of carbonyl (C=O) groups excluding carboxylic acids is 2. The van der Waals surface area contributed by atoms with Crippen molar-refractivity contribution in [1.82, 2.24) is 9.71 Å². The third kappa shape index (κ3) is 7.11. The van der Waals surface area contributed by atoms with Crippen LogP contribution < -0.4 is 14.4 Å². The van der Waals surface area contributed by atoms with E-state index in [0.717, 1.165) is 12.8 Å². The first-order valence-electron chi connectivity index (χ1n) is 13.0. The fourth-order valence-electron chi connectivity index (χ4n) is 4.39. The van der Waals surface area contributed by atoms with Gasteiger partial charge in [-0.1, -0.05) is 33.8 Å². The predicted molar refractivity (Wildman–Crippen MR) is 148 cm³/mol. The number of hydrogen-bond acceptors (Lipinski definition) is 7. The molecule has 0 radical (unpaired) electrons. The van der Waals surface area contributed by atoms with Gasteiger partial charge in [0, 0.05) is 31.1 Å². The summed E-state index contributed by atoms with van der Waals surface area (Å²) in [5.74, 6) is -0.738. The monoisotopic (exact) mass is 555 g/mol. The van der Waals surface area contributed by atoms with E-state index < -0.39 is 21.7 Å². The molecule has 10 heteroatoms. The van der Waals surface area contributed by atoms with Crippen LogP contribution in [0.2, 0.25) is 0 Å². The van der Waals surface area contributed by atoms with Gasteiger partial charge in [-0.3, -0.25) is 9.59 Å². The van der Waals surface area contributed by atoms with Gasteiger partial charge in [-0.15, -0.1) is 0 Å². The average Bonchev–Trinajstić information content (AvgIpc) is 2.86. The number of anilines is 1. The largest absolute Gasteiger partial charge is 0.493 e. The fraction of sp³-hybridized carbons (Fsp3) is 0.414. The predicted octanol–water partition coefficient (Wildman–Crippen LogP) is 5.02. The second-order valence-electron chi connectivity index (χ2n) is 11.2. The van der Waals surface area contributed by atoms with Gasteiger partial charge in [0.05, 0.1) is 22.8 Å². The second-order valence-corrected chi connectivity index (χ2v) is 12.9. The van der Waals surface area contributed by atoms with Crippen LogP contribution in [0.25, 0.3) is 11.3 Å². The Morgan fingerprint density at radius 2 is 1.90 bits per heavy atom. The summed E-state index contributed by atoms with van der Waals surface area (Å²) >= 11 is 0. The van der Waals surface area contributed by atoms with Crippen LogP contribution in [0.1, 0.15) is 57.3 Å². The van der Waals surface area contributed by atoms with E-state index in [1.54, 1.807) is 12.1 Å². The molecule has 0 saturated carbocycles. The molecule has 8 nitrogen and oxygen atoms in total. The number of amides is 1. The lowest BCUT2D eigenvalue weighted by atomic mass is 9.82. The quantitative estimate of drug-likeness (QED) is 0.488. The molecule has 4 rings (SSSR count). The Balaban J connectivity index is 1.70. The zero-order valence-electron chi connectivity index (χ0n) is 22.7. The van der Waals surface area contributed by atoms with Crippen molar-refractivity contribution in [3.8, 4) is 17.0 Å². The highest BCUT2D eigenvalue weighted by atomic mass is 32.2. The second kappa shape index (κ2) is 11.3. The normalized spacial score (nSPS) is 17.2. The van der Waals surface area contributed by atoms with Gasteiger partial charge >= 0.3 is 0 Å². The Hall–Kier alpha value is -3.53. The summed E-state index contributed by atoms with van der Waals surface area (Å²) in [6.07, 6.45) is 5.32. The summed E-state index contributed by atoms with van der Waals surface area (Å²) in [6, 6.07) is 7.42. The van der Waals surface area contributed by atoms with Crippen LogP contribution >= 0.6 is 0 Å². The van der Waals surface area contributed by atoms with E-state index in [1.807, 2.05) is 18.7 Å². The molecule has 1 N–H and O–H groups in total. The van der Waals surface area contributed by atoms with Crippen molar-refractivity contribution in [2.45, 2.75) is 47.0 Å². The first-order chi connectivity index (χ1) is 18.3. The number of rotatable bonds is 8. The van der Waals surface area contributed by atoms with Crippen molar-refractivity contribution in [3.05, 3.63) is 64.8 Å². The molecule has 1 amide bonds. The number of ketones is 1. The smallest absolute Gasteiger partial charge is 0.268 e. The van der Waals surface area contributed by atoms with Crippen LogP contribution in [0.15, 0.2) is 53.5 Å². The van der Waals surface area contributed by atoms with E-state index in [1.165, 1.54) is 36.4 Å². The number of halogens is 1. The van der Waals surface area contributed by atoms with Crippen LogP contribution in [-0.2, 0) is 14.8 Å². The number of aromatic nitrogens is 1. The van der Waals surface area contributed by atoms with Crippen molar-refractivity contribution in [3.63, 3.8) is 0 Å². The summed E-state index contributed by atoms with van der Waals surface area (Å²) in [7, 11) is -4.24. The molecular weight excluding hydrogens is 521 g/mol.